The molecular weight excluding hydrogens is 382 g/mol. The molecule has 2 heterocycles. The van der Waals surface area contributed by atoms with Crippen molar-refractivity contribution < 1.29 is 28.8 Å². The van der Waals surface area contributed by atoms with Crippen LogP contribution in [0.15, 0.2) is 18.2 Å². The maximum absolute atomic E-state index is 12.5. The maximum Gasteiger partial charge on any atom is 0.309 e. The minimum absolute atomic E-state index is 0.0214. The third-order valence-corrected chi connectivity index (χ3v) is 5.19. The number of likely N-dealkylation sites (tertiary alicyclic amines) is 1. The summed E-state index contributed by atoms with van der Waals surface area (Å²) in [5.41, 5.74) is -0.673. The highest BCUT2D eigenvalue weighted by Gasteiger charge is 2.41. The van der Waals surface area contributed by atoms with E-state index in [1.54, 1.807) is 11.8 Å². The average molecular weight is 403 g/mol. The van der Waals surface area contributed by atoms with Gasteiger partial charge >= 0.3 is 5.97 Å². The molecule has 0 radical (unpaired) electrons. The summed E-state index contributed by atoms with van der Waals surface area (Å²) in [7, 11) is 0. The number of nitro benzene ring substituents is 1. The van der Waals surface area contributed by atoms with Crippen molar-refractivity contribution in [2.45, 2.75) is 26.2 Å². The topological polar surface area (TPSA) is 127 Å². The second-order valence-electron chi connectivity index (χ2n) is 6.88. The Balaban J connectivity index is 1.58. The molecule has 0 aromatic heterocycles. The van der Waals surface area contributed by atoms with Gasteiger partial charge in [-0.2, -0.15) is 0 Å². The molecule has 0 N–H and O–H groups in total. The smallest absolute Gasteiger partial charge is 0.309 e. The Hall–Kier alpha value is -3.30. The van der Waals surface area contributed by atoms with E-state index in [9.17, 15) is 29.3 Å². The van der Waals surface area contributed by atoms with Gasteiger partial charge in [0, 0.05) is 32.1 Å². The Labute approximate surface area is 166 Å². The lowest BCUT2D eigenvalue weighted by atomic mass is 9.97. The van der Waals surface area contributed by atoms with Gasteiger partial charge in [-0.3, -0.25) is 34.2 Å². The van der Waals surface area contributed by atoms with Crippen molar-refractivity contribution in [2.75, 3.05) is 26.2 Å². The molecule has 10 nitrogen and oxygen atoms in total. The van der Waals surface area contributed by atoms with Crippen LogP contribution in [0.3, 0.4) is 0 Å². The quantitative estimate of drug-likeness (QED) is 0.304. The molecular formula is C19H21N3O7. The zero-order valence-corrected chi connectivity index (χ0v) is 16.0. The average Bonchev–Trinajstić information content (AvgIpc) is 2.96. The number of amides is 3. The second kappa shape index (κ2) is 8.38. The predicted molar refractivity (Wildman–Crippen MR) is 99.0 cm³/mol. The van der Waals surface area contributed by atoms with Crippen LogP contribution < -0.4 is 0 Å². The summed E-state index contributed by atoms with van der Waals surface area (Å²) in [5.74, 6) is -2.12. The third kappa shape index (κ3) is 3.96. The normalized spacial score (nSPS) is 16.7. The van der Waals surface area contributed by atoms with E-state index in [0.717, 1.165) is 4.90 Å². The van der Waals surface area contributed by atoms with E-state index in [-0.39, 0.29) is 41.9 Å². The van der Waals surface area contributed by atoms with Crippen molar-refractivity contribution in [3.8, 4) is 0 Å². The molecule has 29 heavy (non-hydrogen) atoms. The molecule has 1 saturated heterocycles. The van der Waals surface area contributed by atoms with Crippen LogP contribution in [0.2, 0.25) is 0 Å². The number of piperidine rings is 1. The Morgan fingerprint density at radius 2 is 1.90 bits per heavy atom. The molecule has 3 rings (SSSR count). The highest BCUT2D eigenvalue weighted by molar-refractivity contribution is 6.23. The first kappa shape index (κ1) is 20.4. The number of carbonyl (C=O) groups is 4. The van der Waals surface area contributed by atoms with Gasteiger partial charge in [0.05, 0.1) is 23.0 Å². The van der Waals surface area contributed by atoms with Crippen molar-refractivity contribution in [2.24, 2.45) is 5.92 Å². The first-order chi connectivity index (χ1) is 13.8. The molecule has 2 aliphatic heterocycles. The number of hydrogen-bond donors (Lipinski definition) is 0. The molecule has 0 atom stereocenters. The van der Waals surface area contributed by atoms with Crippen LogP contribution in [-0.4, -0.2) is 64.7 Å². The standard InChI is InChI=1S/C19H21N3O7/c1-2-29-19(26)12-6-9-20(10-7-12)15(23)8-11-21-17(24)13-4-3-5-14(22(27)28)16(13)18(21)25/h3-5,12H,2,6-11H2,1H3. The molecule has 1 aromatic rings. The van der Waals surface area contributed by atoms with Crippen LogP contribution in [0, 0.1) is 16.0 Å². The third-order valence-electron chi connectivity index (χ3n) is 5.19. The maximum atomic E-state index is 12.5. The van der Waals surface area contributed by atoms with Crippen molar-refractivity contribution in [1.82, 2.24) is 9.80 Å². The van der Waals surface area contributed by atoms with E-state index < -0.39 is 22.4 Å². The summed E-state index contributed by atoms with van der Waals surface area (Å²) in [6.45, 7) is 2.70. The van der Waals surface area contributed by atoms with Gasteiger partial charge in [-0.25, -0.2) is 0 Å². The summed E-state index contributed by atoms with van der Waals surface area (Å²) < 4.78 is 5.00. The summed E-state index contributed by atoms with van der Waals surface area (Å²) in [4.78, 5) is 62.1. The molecule has 1 aromatic carbocycles. The van der Waals surface area contributed by atoms with Crippen LogP contribution in [0.4, 0.5) is 5.69 Å². The summed E-state index contributed by atoms with van der Waals surface area (Å²) in [6.07, 6.45) is 0.927. The lowest BCUT2D eigenvalue weighted by molar-refractivity contribution is -0.385. The van der Waals surface area contributed by atoms with Gasteiger partial charge in [0.1, 0.15) is 5.56 Å². The van der Waals surface area contributed by atoms with Crippen LogP contribution in [0.1, 0.15) is 46.9 Å². The Bertz CT molecular complexity index is 875. The van der Waals surface area contributed by atoms with Crippen molar-refractivity contribution in [3.63, 3.8) is 0 Å². The van der Waals surface area contributed by atoms with Crippen LogP contribution >= 0.6 is 0 Å². The Morgan fingerprint density at radius 1 is 1.21 bits per heavy atom. The number of imide groups is 1. The van der Waals surface area contributed by atoms with Crippen molar-refractivity contribution in [1.29, 1.82) is 0 Å². The first-order valence-corrected chi connectivity index (χ1v) is 9.43. The minimum atomic E-state index is -0.758. The lowest BCUT2D eigenvalue weighted by Crippen LogP contribution is -2.42. The van der Waals surface area contributed by atoms with Crippen molar-refractivity contribution >= 4 is 29.4 Å². The number of carbonyl (C=O) groups excluding carboxylic acids is 4. The zero-order chi connectivity index (χ0) is 21.1. The number of nitrogens with zero attached hydrogens (tertiary/aromatic N) is 3. The largest absolute Gasteiger partial charge is 0.466 e. The Kier molecular flexibility index (Phi) is 5.90. The van der Waals surface area contributed by atoms with Gasteiger partial charge in [-0.05, 0) is 25.8 Å². The fourth-order valence-electron chi connectivity index (χ4n) is 3.66. The summed E-state index contributed by atoms with van der Waals surface area (Å²) in [6, 6.07) is 3.89. The zero-order valence-electron chi connectivity index (χ0n) is 16.0. The van der Waals surface area contributed by atoms with Crippen LogP contribution in [-0.2, 0) is 14.3 Å². The van der Waals surface area contributed by atoms with E-state index in [4.69, 9.17) is 4.74 Å². The molecule has 3 amide bonds. The number of ether oxygens (including phenoxy) is 1. The number of hydrogen-bond acceptors (Lipinski definition) is 7. The second-order valence-corrected chi connectivity index (χ2v) is 6.88. The highest BCUT2D eigenvalue weighted by atomic mass is 16.6. The molecule has 1 fully saturated rings. The van der Waals surface area contributed by atoms with Gasteiger partial charge in [0.15, 0.2) is 0 Å². The molecule has 154 valence electrons. The monoisotopic (exact) mass is 403 g/mol. The number of nitro groups is 1. The summed E-state index contributed by atoms with van der Waals surface area (Å²) in [5, 5.41) is 11.1. The Morgan fingerprint density at radius 3 is 2.52 bits per heavy atom. The molecule has 0 spiro atoms. The molecule has 0 unspecified atom stereocenters. The van der Waals surface area contributed by atoms with Gasteiger partial charge < -0.3 is 9.64 Å². The highest BCUT2D eigenvalue weighted by Crippen LogP contribution is 2.30. The molecule has 10 heteroatoms. The van der Waals surface area contributed by atoms with Crippen LogP contribution in [0.5, 0.6) is 0 Å². The predicted octanol–water partition coefficient (Wildman–Crippen LogP) is 1.38. The minimum Gasteiger partial charge on any atom is -0.466 e. The fraction of sp³-hybridized carbons (Fsp3) is 0.474. The SMILES string of the molecule is CCOC(=O)C1CCN(C(=O)CCN2C(=O)c3cccc([N+](=O)[O-])c3C2=O)CC1. The van der Waals surface area contributed by atoms with E-state index >= 15 is 0 Å². The molecule has 0 saturated carbocycles. The lowest BCUT2D eigenvalue weighted by Gasteiger charge is -2.31. The van der Waals surface area contributed by atoms with E-state index in [1.165, 1.54) is 18.2 Å². The van der Waals surface area contributed by atoms with Gasteiger partial charge in [0.25, 0.3) is 17.5 Å². The molecule has 0 aliphatic carbocycles. The first-order valence-electron chi connectivity index (χ1n) is 9.43. The van der Waals surface area contributed by atoms with Crippen LogP contribution in [0.25, 0.3) is 0 Å². The number of esters is 1. The van der Waals surface area contributed by atoms with E-state index in [1.807, 2.05) is 0 Å². The fourth-order valence-corrected chi connectivity index (χ4v) is 3.66. The van der Waals surface area contributed by atoms with Gasteiger partial charge in [-0.1, -0.05) is 6.07 Å². The number of rotatable bonds is 6. The molecule has 2 aliphatic rings. The number of benzene rings is 1. The molecule has 0 bridgehead atoms. The van der Waals surface area contributed by atoms with E-state index in [2.05, 4.69) is 0 Å². The van der Waals surface area contributed by atoms with Crippen molar-refractivity contribution in [3.05, 3.63) is 39.4 Å². The van der Waals surface area contributed by atoms with Gasteiger partial charge in [0.2, 0.25) is 5.91 Å². The van der Waals surface area contributed by atoms with E-state index in [0.29, 0.717) is 32.5 Å². The van der Waals surface area contributed by atoms with Gasteiger partial charge in [-0.15, -0.1) is 0 Å². The number of fused-ring (bicyclic) bond motifs is 1. The summed E-state index contributed by atoms with van der Waals surface area (Å²) >= 11 is 0.